The van der Waals surface area contributed by atoms with Gasteiger partial charge in [-0.1, -0.05) is 75.3 Å². The number of hydrogen-bond donors (Lipinski definition) is 2. The average Bonchev–Trinajstić information content (AvgIpc) is 3.49. The van der Waals surface area contributed by atoms with Crippen LogP contribution in [0, 0.1) is 5.92 Å². The van der Waals surface area contributed by atoms with Gasteiger partial charge in [0, 0.05) is 12.5 Å². The van der Waals surface area contributed by atoms with E-state index in [0.29, 0.717) is 19.0 Å². The van der Waals surface area contributed by atoms with Crippen molar-refractivity contribution in [1.29, 1.82) is 0 Å². The van der Waals surface area contributed by atoms with Crippen LogP contribution in [-0.2, 0) is 12.1 Å². The fourth-order valence-corrected chi connectivity index (χ4v) is 4.85. The van der Waals surface area contributed by atoms with Gasteiger partial charge in [-0.25, -0.2) is 4.98 Å². The molecule has 1 fully saturated rings. The zero-order chi connectivity index (χ0) is 21.9. The van der Waals surface area contributed by atoms with E-state index < -0.39 is 5.60 Å². The third-order valence-corrected chi connectivity index (χ3v) is 6.66. The zero-order valence-electron chi connectivity index (χ0n) is 19.1. The number of aliphatic hydroxyl groups is 2. The normalized spacial score (nSPS) is 16.8. The van der Waals surface area contributed by atoms with Crippen LogP contribution in [0.5, 0.6) is 0 Å². The first-order chi connectivity index (χ1) is 15.1. The van der Waals surface area contributed by atoms with Crippen LogP contribution >= 0.6 is 0 Å². The Balaban J connectivity index is 1.52. The molecule has 0 aliphatic heterocycles. The Morgan fingerprint density at radius 3 is 2.32 bits per heavy atom. The molecule has 0 bridgehead atoms. The summed E-state index contributed by atoms with van der Waals surface area (Å²) in [6, 6.07) is 9.89. The number of hydrogen-bond acceptors (Lipinski definition) is 5. The second-order valence-corrected chi connectivity index (χ2v) is 9.18. The van der Waals surface area contributed by atoms with E-state index in [0.717, 1.165) is 56.4 Å². The molecule has 1 heterocycles. The maximum absolute atomic E-state index is 11.8. The molecule has 5 heteroatoms. The maximum atomic E-state index is 11.8. The minimum atomic E-state index is -1.15. The molecule has 5 nitrogen and oxygen atoms in total. The smallest absolute Gasteiger partial charge is 0.231 e. The van der Waals surface area contributed by atoms with Crippen molar-refractivity contribution in [3.05, 3.63) is 53.7 Å². The summed E-state index contributed by atoms with van der Waals surface area (Å²) >= 11 is 0. The molecule has 172 valence electrons. The van der Waals surface area contributed by atoms with Gasteiger partial charge in [-0.2, -0.15) is 0 Å². The van der Waals surface area contributed by atoms with E-state index in [2.05, 4.69) is 16.9 Å². The monoisotopic (exact) mass is 428 g/mol. The summed E-state index contributed by atoms with van der Waals surface area (Å²) in [6.45, 7) is 2.05. The van der Waals surface area contributed by atoms with Crippen molar-refractivity contribution in [3.63, 3.8) is 0 Å². The first kappa shape index (κ1) is 24.0. The van der Waals surface area contributed by atoms with Gasteiger partial charge in [0.05, 0.1) is 12.7 Å². The van der Waals surface area contributed by atoms with Gasteiger partial charge in [0.25, 0.3) is 0 Å². The van der Waals surface area contributed by atoms with Crippen LogP contribution in [0.3, 0.4) is 0 Å². The number of oxazole rings is 1. The third-order valence-electron chi connectivity index (χ3n) is 6.66. The van der Waals surface area contributed by atoms with E-state index in [-0.39, 0.29) is 5.92 Å². The predicted molar refractivity (Wildman–Crippen MR) is 124 cm³/mol. The van der Waals surface area contributed by atoms with Crippen molar-refractivity contribution in [1.82, 2.24) is 9.88 Å². The molecule has 1 unspecified atom stereocenters. The van der Waals surface area contributed by atoms with Crippen LogP contribution < -0.4 is 0 Å². The van der Waals surface area contributed by atoms with Crippen LogP contribution in [0.1, 0.15) is 87.8 Å². The quantitative estimate of drug-likeness (QED) is 0.402. The minimum Gasteiger partial charge on any atom is -0.441 e. The molecule has 0 radical (unpaired) electrons. The van der Waals surface area contributed by atoms with Crippen molar-refractivity contribution in [2.24, 2.45) is 5.92 Å². The van der Waals surface area contributed by atoms with Crippen LogP contribution in [0.15, 0.2) is 40.9 Å². The highest BCUT2D eigenvalue weighted by atomic mass is 16.4. The lowest BCUT2D eigenvalue weighted by atomic mass is 9.80. The van der Waals surface area contributed by atoms with Gasteiger partial charge in [0.15, 0.2) is 5.60 Å². The molecule has 1 saturated carbocycles. The summed E-state index contributed by atoms with van der Waals surface area (Å²) < 4.78 is 6.15. The highest BCUT2D eigenvalue weighted by Gasteiger charge is 2.45. The fourth-order valence-electron chi connectivity index (χ4n) is 4.85. The van der Waals surface area contributed by atoms with Crippen molar-refractivity contribution >= 4 is 0 Å². The van der Waals surface area contributed by atoms with E-state index >= 15 is 0 Å². The number of unbranched alkanes of at least 4 members (excludes halogenated alkanes) is 6. The van der Waals surface area contributed by atoms with E-state index in [1.807, 2.05) is 30.3 Å². The highest BCUT2D eigenvalue weighted by Crippen LogP contribution is 2.44. The fraction of sp³-hybridized carbons (Fsp3) is 0.654. The van der Waals surface area contributed by atoms with Gasteiger partial charge in [-0.3, -0.25) is 4.90 Å². The molecule has 1 aliphatic carbocycles. The number of rotatable bonds is 14. The van der Waals surface area contributed by atoms with Gasteiger partial charge in [0.1, 0.15) is 5.76 Å². The van der Waals surface area contributed by atoms with Crippen LogP contribution in [-0.4, -0.2) is 40.3 Å². The standard InChI is InChI=1S/C26H40N2O3/c1-28(18-12-5-3-2-4-6-13-19-29)21-24-20-27-25(31-24)26(30,23-16-10-11-17-23)22-14-8-7-9-15-22/h7-9,14-15,20,23,29-30H,2-6,10-13,16-19,21H2,1H3. The lowest BCUT2D eigenvalue weighted by Gasteiger charge is -2.31. The summed E-state index contributed by atoms with van der Waals surface area (Å²) in [5, 5.41) is 20.6. The third kappa shape index (κ3) is 6.64. The Labute approximate surface area is 187 Å². The first-order valence-corrected chi connectivity index (χ1v) is 12.2. The summed E-state index contributed by atoms with van der Waals surface area (Å²) in [5.74, 6) is 1.40. The molecule has 1 atom stereocenters. The number of aromatic nitrogens is 1. The second-order valence-electron chi connectivity index (χ2n) is 9.18. The number of benzene rings is 1. The first-order valence-electron chi connectivity index (χ1n) is 12.2. The average molecular weight is 429 g/mol. The van der Waals surface area contributed by atoms with Gasteiger partial charge in [-0.15, -0.1) is 0 Å². The Kier molecular flexibility index (Phi) is 9.56. The topological polar surface area (TPSA) is 69.7 Å². The van der Waals surface area contributed by atoms with Crippen LogP contribution in [0.4, 0.5) is 0 Å². The van der Waals surface area contributed by atoms with Gasteiger partial charge in [-0.05, 0) is 44.8 Å². The highest BCUT2D eigenvalue weighted by molar-refractivity contribution is 5.30. The van der Waals surface area contributed by atoms with Gasteiger partial charge < -0.3 is 14.6 Å². The lowest BCUT2D eigenvalue weighted by molar-refractivity contribution is -0.00726. The largest absolute Gasteiger partial charge is 0.441 e. The summed E-state index contributed by atoms with van der Waals surface area (Å²) in [6.07, 6.45) is 14.3. The van der Waals surface area contributed by atoms with Gasteiger partial charge in [0.2, 0.25) is 5.89 Å². The van der Waals surface area contributed by atoms with Crippen molar-refractivity contribution in [2.75, 3.05) is 20.2 Å². The van der Waals surface area contributed by atoms with E-state index in [4.69, 9.17) is 9.52 Å². The van der Waals surface area contributed by atoms with Crippen molar-refractivity contribution in [3.8, 4) is 0 Å². The molecule has 1 aromatic carbocycles. The molecule has 1 aromatic heterocycles. The second kappa shape index (κ2) is 12.4. The maximum Gasteiger partial charge on any atom is 0.231 e. The molecular formula is C26H40N2O3. The molecule has 0 spiro atoms. The van der Waals surface area contributed by atoms with E-state index in [1.165, 1.54) is 32.1 Å². The van der Waals surface area contributed by atoms with Crippen LogP contribution in [0.25, 0.3) is 0 Å². The van der Waals surface area contributed by atoms with Crippen LogP contribution in [0.2, 0.25) is 0 Å². The molecule has 2 N–H and O–H groups in total. The molecule has 3 rings (SSSR count). The summed E-state index contributed by atoms with van der Waals surface area (Å²) in [7, 11) is 2.11. The van der Waals surface area contributed by atoms with E-state index in [9.17, 15) is 5.11 Å². The van der Waals surface area contributed by atoms with Crippen molar-refractivity contribution in [2.45, 2.75) is 82.8 Å². The molecule has 2 aromatic rings. The predicted octanol–water partition coefficient (Wildman–Crippen LogP) is 5.26. The molecule has 0 saturated heterocycles. The SMILES string of the molecule is CN(CCCCCCCCCO)Cc1cnc(C(O)(c2ccccc2)C2CCCC2)o1. The molecule has 0 amide bonds. The Morgan fingerprint density at radius 1 is 1.00 bits per heavy atom. The molecule has 31 heavy (non-hydrogen) atoms. The Morgan fingerprint density at radius 2 is 1.65 bits per heavy atom. The number of nitrogens with zero attached hydrogens (tertiary/aromatic N) is 2. The molecule has 1 aliphatic rings. The molecular weight excluding hydrogens is 388 g/mol. The lowest BCUT2D eigenvalue weighted by Crippen LogP contribution is -2.35. The van der Waals surface area contributed by atoms with Crippen molar-refractivity contribution < 1.29 is 14.6 Å². The zero-order valence-corrected chi connectivity index (χ0v) is 19.1. The number of aliphatic hydroxyl groups excluding tert-OH is 1. The Bertz CT molecular complexity index is 742. The minimum absolute atomic E-state index is 0.150. The van der Waals surface area contributed by atoms with E-state index in [1.54, 1.807) is 6.20 Å². The Hall–Kier alpha value is -1.69. The van der Waals surface area contributed by atoms with Gasteiger partial charge >= 0.3 is 0 Å². The summed E-state index contributed by atoms with van der Waals surface area (Å²) in [5.41, 5.74) is -0.271. The summed E-state index contributed by atoms with van der Waals surface area (Å²) in [4.78, 5) is 6.82.